The van der Waals surface area contributed by atoms with Crippen LogP contribution in [-0.4, -0.2) is 57.6 Å². The molecule has 1 aromatic rings. The molecule has 2 rings (SSSR count). The Hall–Kier alpha value is -2.25. The summed E-state index contributed by atoms with van der Waals surface area (Å²) >= 11 is 1.03. The molecule has 0 radical (unpaired) electrons. The van der Waals surface area contributed by atoms with Crippen molar-refractivity contribution in [3.05, 3.63) is 36.4 Å². The second-order valence-corrected chi connectivity index (χ2v) is 8.33. The first kappa shape index (κ1) is 24.0. The monoisotopic (exact) mass is 441 g/mol. The van der Waals surface area contributed by atoms with Crippen molar-refractivity contribution in [3.63, 3.8) is 0 Å². The number of hydrogen-bond donors (Lipinski definition) is 0. The summed E-state index contributed by atoms with van der Waals surface area (Å²) in [5.74, 6) is -0.0801. The number of hydrazine groups is 1. The molecule has 1 aliphatic heterocycles. The van der Waals surface area contributed by atoms with Gasteiger partial charge in [0.25, 0.3) is 0 Å². The molecule has 0 bridgehead atoms. The molecule has 6 nitrogen and oxygen atoms in total. The van der Waals surface area contributed by atoms with E-state index in [1.807, 2.05) is 48.4 Å². The number of halogens is 3. The van der Waals surface area contributed by atoms with Gasteiger partial charge in [-0.3, -0.25) is 14.8 Å². The largest absolute Gasteiger partial charge is 0.390 e. The molecule has 0 aromatic carbocycles. The predicted molar refractivity (Wildman–Crippen MR) is 111 cm³/mol. The van der Waals surface area contributed by atoms with Crippen LogP contribution >= 0.6 is 11.8 Å². The lowest BCUT2D eigenvalue weighted by molar-refractivity contribution is -0.138. The minimum Gasteiger partial charge on any atom is -0.313 e. The number of hydrogen-bond acceptors (Lipinski definition) is 6. The van der Waals surface area contributed by atoms with Crippen molar-refractivity contribution in [1.29, 1.82) is 5.26 Å². The van der Waals surface area contributed by atoms with E-state index in [0.29, 0.717) is 6.54 Å². The molecular formula is C20H26F3N5OS. The standard InChI is InChI=1S/C20H26F3N5OS/c1-4-27(19(29)11-17(12-20(21,22)23)30-10-6-8-24)18-14-28(26(3)15(18)2)16-7-5-9-25-13-16/h5,7,9,13-15,17H,4,6,10-12H2,1-3H3. The summed E-state index contributed by atoms with van der Waals surface area (Å²) < 4.78 is 38.9. The van der Waals surface area contributed by atoms with Crippen molar-refractivity contribution in [2.45, 2.75) is 50.6 Å². The van der Waals surface area contributed by atoms with E-state index in [-0.39, 0.29) is 30.5 Å². The Morgan fingerprint density at radius 1 is 1.47 bits per heavy atom. The zero-order valence-electron chi connectivity index (χ0n) is 17.3. The van der Waals surface area contributed by atoms with Crippen molar-refractivity contribution in [2.75, 3.05) is 24.4 Å². The Labute approximate surface area is 179 Å². The molecule has 0 N–H and O–H groups in total. The number of rotatable bonds is 9. The SMILES string of the molecule is CCN(C(=O)CC(CC(F)(F)F)SCCC#N)C1=CN(c2cccnc2)N(C)C1C. The fourth-order valence-electron chi connectivity index (χ4n) is 3.27. The summed E-state index contributed by atoms with van der Waals surface area (Å²) in [4.78, 5) is 18.6. The van der Waals surface area contributed by atoms with Crippen LogP contribution in [0.15, 0.2) is 36.4 Å². The number of thioether (sulfide) groups is 1. The third kappa shape index (κ3) is 6.37. The highest BCUT2D eigenvalue weighted by molar-refractivity contribution is 7.99. The molecule has 1 amide bonds. The topological polar surface area (TPSA) is 63.5 Å². The van der Waals surface area contributed by atoms with Crippen LogP contribution in [0.25, 0.3) is 0 Å². The van der Waals surface area contributed by atoms with E-state index in [2.05, 4.69) is 4.98 Å². The van der Waals surface area contributed by atoms with Gasteiger partial charge < -0.3 is 4.90 Å². The van der Waals surface area contributed by atoms with E-state index >= 15 is 0 Å². The Morgan fingerprint density at radius 2 is 2.20 bits per heavy atom. The number of carbonyl (C=O) groups is 1. The summed E-state index contributed by atoms with van der Waals surface area (Å²) in [6, 6.07) is 5.48. The molecule has 0 saturated heterocycles. The number of nitriles is 1. The molecule has 1 aliphatic rings. The molecular weight excluding hydrogens is 415 g/mol. The Bertz CT molecular complexity index is 781. The lowest BCUT2D eigenvalue weighted by Gasteiger charge is -2.30. The molecule has 2 unspecified atom stereocenters. The zero-order chi connectivity index (χ0) is 22.3. The second kappa shape index (κ2) is 10.7. The predicted octanol–water partition coefficient (Wildman–Crippen LogP) is 4.18. The van der Waals surface area contributed by atoms with E-state index in [1.165, 1.54) is 0 Å². The van der Waals surface area contributed by atoms with Crippen LogP contribution in [0.5, 0.6) is 0 Å². The fraction of sp³-hybridized carbons (Fsp3) is 0.550. The van der Waals surface area contributed by atoms with Gasteiger partial charge in [0, 0.05) is 49.8 Å². The lowest BCUT2D eigenvalue weighted by Crippen LogP contribution is -2.41. The van der Waals surface area contributed by atoms with Crippen molar-refractivity contribution in [1.82, 2.24) is 14.9 Å². The smallest absolute Gasteiger partial charge is 0.313 e. The first-order valence-corrected chi connectivity index (χ1v) is 10.7. The first-order valence-electron chi connectivity index (χ1n) is 9.67. The van der Waals surface area contributed by atoms with Gasteiger partial charge in [-0.2, -0.15) is 30.2 Å². The molecule has 2 atom stereocenters. The third-order valence-corrected chi connectivity index (χ3v) is 6.10. The van der Waals surface area contributed by atoms with Gasteiger partial charge in [0.2, 0.25) is 5.91 Å². The van der Waals surface area contributed by atoms with Crippen LogP contribution < -0.4 is 5.01 Å². The number of alkyl halides is 3. The Kier molecular flexibility index (Phi) is 8.55. The number of nitrogens with zero attached hydrogens (tertiary/aromatic N) is 5. The number of anilines is 1. The molecule has 0 saturated carbocycles. The van der Waals surface area contributed by atoms with Crippen molar-refractivity contribution in [2.24, 2.45) is 0 Å². The number of pyridine rings is 1. The van der Waals surface area contributed by atoms with Crippen LogP contribution in [0.4, 0.5) is 18.9 Å². The highest BCUT2D eigenvalue weighted by atomic mass is 32.2. The van der Waals surface area contributed by atoms with Gasteiger partial charge in [-0.05, 0) is 26.0 Å². The molecule has 2 heterocycles. The first-order chi connectivity index (χ1) is 14.2. The van der Waals surface area contributed by atoms with Crippen LogP contribution in [0.3, 0.4) is 0 Å². The van der Waals surface area contributed by atoms with E-state index in [1.54, 1.807) is 24.2 Å². The van der Waals surface area contributed by atoms with Crippen LogP contribution in [0.1, 0.15) is 33.1 Å². The minimum atomic E-state index is -4.36. The van der Waals surface area contributed by atoms with E-state index in [4.69, 9.17) is 5.26 Å². The van der Waals surface area contributed by atoms with Crippen molar-refractivity contribution < 1.29 is 18.0 Å². The average molecular weight is 442 g/mol. The van der Waals surface area contributed by atoms with Gasteiger partial charge in [-0.25, -0.2) is 5.01 Å². The van der Waals surface area contributed by atoms with Crippen LogP contribution in [0.2, 0.25) is 0 Å². The van der Waals surface area contributed by atoms with Gasteiger partial charge in [-0.15, -0.1) is 0 Å². The average Bonchev–Trinajstić information content (AvgIpc) is 2.97. The van der Waals surface area contributed by atoms with Gasteiger partial charge in [0.15, 0.2) is 0 Å². The summed E-state index contributed by atoms with van der Waals surface area (Å²) in [5.41, 5.74) is 1.55. The molecule has 0 fully saturated rings. The molecule has 30 heavy (non-hydrogen) atoms. The summed E-state index contributed by atoms with van der Waals surface area (Å²) in [5, 5.41) is 11.6. The minimum absolute atomic E-state index is 0.138. The third-order valence-electron chi connectivity index (χ3n) is 4.85. The maximum Gasteiger partial charge on any atom is 0.390 e. The highest BCUT2D eigenvalue weighted by Crippen LogP contribution is 2.33. The van der Waals surface area contributed by atoms with Gasteiger partial charge >= 0.3 is 6.18 Å². The molecule has 0 aliphatic carbocycles. The van der Waals surface area contributed by atoms with Crippen LogP contribution in [0, 0.1) is 11.3 Å². The van der Waals surface area contributed by atoms with E-state index in [0.717, 1.165) is 23.1 Å². The zero-order valence-corrected chi connectivity index (χ0v) is 18.1. The molecule has 0 spiro atoms. The van der Waals surface area contributed by atoms with Gasteiger partial charge in [-0.1, -0.05) is 0 Å². The molecule has 164 valence electrons. The van der Waals surface area contributed by atoms with Crippen molar-refractivity contribution >= 4 is 23.4 Å². The maximum atomic E-state index is 13.0. The highest BCUT2D eigenvalue weighted by Gasteiger charge is 2.36. The second-order valence-electron chi connectivity index (χ2n) is 6.92. The molecule has 10 heteroatoms. The maximum absolute atomic E-state index is 13.0. The quantitative estimate of drug-likeness (QED) is 0.536. The summed E-state index contributed by atoms with van der Waals surface area (Å²) in [7, 11) is 1.88. The summed E-state index contributed by atoms with van der Waals surface area (Å²) in [6.07, 6.45) is -0.305. The van der Waals surface area contributed by atoms with Gasteiger partial charge in [0.1, 0.15) is 0 Å². The number of carbonyl (C=O) groups excluding carboxylic acids is 1. The van der Waals surface area contributed by atoms with Crippen LogP contribution in [-0.2, 0) is 4.79 Å². The molecule has 1 aromatic heterocycles. The Balaban J connectivity index is 2.17. The lowest BCUT2D eigenvalue weighted by atomic mass is 10.1. The van der Waals surface area contributed by atoms with Crippen molar-refractivity contribution in [3.8, 4) is 6.07 Å². The van der Waals surface area contributed by atoms with E-state index < -0.39 is 17.8 Å². The number of aromatic nitrogens is 1. The van der Waals surface area contributed by atoms with Gasteiger partial charge in [0.05, 0.1) is 36.1 Å². The Morgan fingerprint density at radius 3 is 2.77 bits per heavy atom. The van der Waals surface area contributed by atoms with E-state index in [9.17, 15) is 18.0 Å². The normalized spacial score (nSPS) is 18.1. The fourth-order valence-corrected chi connectivity index (χ4v) is 4.38. The summed E-state index contributed by atoms with van der Waals surface area (Å²) in [6.45, 7) is 4.10. The number of amides is 1. The number of likely N-dealkylation sites (N-methyl/N-ethyl adjacent to an activating group) is 2.